The van der Waals surface area contributed by atoms with E-state index in [0.717, 1.165) is 11.4 Å². The van der Waals surface area contributed by atoms with E-state index in [1.165, 1.54) is 11.3 Å². The molecule has 20 heavy (non-hydrogen) atoms. The Morgan fingerprint density at radius 1 is 1.30 bits per heavy atom. The van der Waals surface area contributed by atoms with Crippen LogP contribution < -0.4 is 5.32 Å². The zero-order valence-corrected chi connectivity index (χ0v) is 12.0. The zero-order chi connectivity index (χ0) is 14.5. The van der Waals surface area contributed by atoms with E-state index in [-0.39, 0.29) is 12.6 Å². The number of amides is 2. The minimum absolute atomic E-state index is 0.0196. The lowest BCUT2D eigenvalue weighted by Crippen LogP contribution is -2.51. The van der Waals surface area contributed by atoms with Crippen LogP contribution in [0, 0.1) is 0 Å². The van der Waals surface area contributed by atoms with E-state index in [9.17, 15) is 9.59 Å². The van der Waals surface area contributed by atoms with Crippen molar-refractivity contribution in [2.24, 2.45) is 0 Å². The summed E-state index contributed by atoms with van der Waals surface area (Å²) in [6.07, 6.45) is 0.793. The van der Waals surface area contributed by atoms with Crippen LogP contribution in [-0.4, -0.2) is 69.8 Å². The normalized spacial score (nSPS) is 16.1. The van der Waals surface area contributed by atoms with Gasteiger partial charge in [-0.3, -0.25) is 15.0 Å². The first kappa shape index (κ1) is 14.7. The van der Waals surface area contributed by atoms with Crippen LogP contribution >= 0.6 is 11.3 Å². The number of aryl methyl sites for hydroxylation is 1. The monoisotopic (exact) mass is 299 g/mol. The maximum absolute atomic E-state index is 12.0. The molecule has 0 saturated carbocycles. The fraction of sp³-hybridized carbons (Fsp3) is 0.636. The van der Waals surface area contributed by atoms with Gasteiger partial charge in [0.1, 0.15) is 5.01 Å². The average Bonchev–Trinajstić information content (AvgIpc) is 2.86. The standard InChI is InChI=1S/C11H17N5O3S/c1-2-8-13-14-10(20-8)12-11(19)16-5-3-15(4-6-16)7-9(17)18/h2-7H2,1H3,(H,17,18)(H,12,14,19). The summed E-state index contributed by atoms with van der Waals surface area (Å²) in [5.74, 6) is -0.844. The average molecular weight is 299 g/mol. The number of carbonyl (C=O) groups excluding carboxylic acids is 1. The SMILES string of the molecule is CCc1nnc(NC(=O)N2CCN(CC(=O)O)CC2)s1. The van der Waals surface area contributed by atoms with Crippen molar-refractivity contribution < 1.29 is 14.7 Å². The number of anilines is 1. The van der Waals surface area contributed by atoms with Gasteiger partial charge in [0.05, 0.1) is 6.54 Å². The summed E-state index contributed by atoms with van der Waals surface area (Å²) in [6, 6.07) is -0.209. The highest BCUT2D eigenvalue weighted by molar-refractivity contribution is 7.15. The van der Waals surface area contributed by atoms with E-state index in [1.54, 1.807) is 4.90 Å². The van der Waals surface area contributed by atoms with Crippen molar-refractivity contribution in [3.63, 3.8) is 0 Å². The van der Waals surface area contributed by atoms with Gasteiger partial charge in [-0.15, -0.1) is 10.2 Å². The number of rotatable bonds is 4. The summed E-state index contributed by atoms with van der Waals surface area (Å²) in [7, 11) is 0. The van der Waals surface area contributed by atoms with Crippen LogP contribution in [-0.2, 0) is 11.2 Å². The number of carboxylic acids is 1. The van der Waals surface area contributed by atoms with Gasteiger partial charge in [-0.05, 0) is 6.42 Å². The Balaban J connectivity index is 1.81. The first-order chi connectivity index (χ1) is 9.58. The summed E-state index contributed by atoms with van der Waals surface area (Å²) in [5.41, 5.74) is 0. The van der Waals surface area contributed by atoms with Gasteiger partial charge < -0.3 is 10.0 Å². The van der Waals surface area contributed by atoms with Crippen molar-refractivity contribution in [3.05, 3.63) is 5.01 Å². The zero-order valence-electron chi connectivity index (χ0n) is 11.2. The van der Waals surface area contributed by atoms with Crippen molar-refractivity contribution in [1.29, 1.82) is 0 Å². The Morgan fingerprint density at radius 3 is 2.55 bits per heavy atom. The van der Waals surface area contributed by atoms with Crippen LogP contribution in [0.25, 0.3) is 0 Å². The summed E-state index contributed by atoms with van der Waals surface area (Å²) in [5, 5.41) is 20.7. The number of piperazine rings is 1. The Kier molecular flexibility index (Phi) is 4.85. The predicted octanol–water partition coefficient (Wildman–Crippen LogP) is 0.335. The third kappa shape index (κ3) is 3.87. The van der Waals surface area contributed by atoms with E-state index in [1.807, 2.05) is 11.8 Å². The Labute approximate surface area is 120 Å². The molecule has 1 aromatic rings. The summed E-state index contributed by atoms with van der Waals surface area (Å²) in [4.78, 5) is 26.1. The van der Waals surface area contributed by atoms with E-state index >= 15 is 0 Å². The molecule has 8 nitrogen and oxygen atoms in total. The highest BCUT2D eigenvalue weighted by Gasteiger charge is 2.22. The molecule has 0 spiro atoms. The van der Waals surface area contributed by atoms with Gasteiger partial charge in [-0.25, -0.2) is 4.79 Å². The van der Waals surface area contributed by atoms with Crippen LogP contribution in [0.5, 0.6) is 0 Å². The molecule has 2 heterocycles. The van der Waals surface area contributed by atoms with Gasteiger partial charge in [0, 0.05) is 26.2 Å². The Morgan fingerprint density at radius 2 is 2.00 bits per heavy atom. The van der Waals surface area contributed by atoms with E-state index in [4.69, 9.17) is 5.11 Å². The molecule has 110 valence electrons. The predicted molar refractivity (Wildman–Crippen MR) is 74.0 cm³/mol. The van der Waals surface area contributed by atoms with Crippen LogP contribution in [0.1, 0.15) is 11.9 Å². The van der Waals surface area contributed by atoms with Gasteiger partial charge in [-0.2, -0.15) is 0 Å². The van der Waals surface area contributed by atoms with Crippen LogP contribution in [0.15, 0.2) is 0 Å². The molecular weight excluding hydrogens is 282 g/mol. The lowest BCUT2D eigenvalue weighted by Gasteiger charge is -2.33. The fourth-order valence-electron chi connectivity index (χ4n) is 1.92. The van der Waals surface area contributed by atoms with Gasteiger partial charge >= 0.3 is 12.0 Å². The van der Waals surface area contributed by atoms with Crippen molar-refractivity contribution >= 4 is 28.5 Å². The molecule has 2 rings (SSSR count). The molecule has 1 aliphatic rings. The van der Waals surface area contributed by atoms with Gasteiger partial charge in [0.15, 0.2) is 0 Å². The molecule has 1 aliphatic heterocycles. The summed E-state index contributed by atoms with van der Waals surface area (Å²) < 4.78 is 0. The quantitative estimate of drug-likeness (QED) is 0.831. The first-order valence-corrected chi connectivity index (χ1v) is 7.22. The summed E-state index contributed by atoms with van der Waals surface area (Å²) >= 11 is 1.37. The van der Waals surface area contributed by atoms with Crippen molar-refractivity contribution in [3.8, 4) is 0 Å². The third-order valence-electron chi connectivity index (χ3n) is 3.00. The van der Waals surface area contributed by atoms with Gasteiger partial charge in [0.25, 0.3) is 0 Å². The molecule has 2 N–H and O–H groups in total. The largest absolute Gasteiger partial charge is 0.480 e. The molecule has 9 heteroatoms. The van der Waals surface area contributed by atoms with Gasteiger partial charge in [-0.1, -0.05) is 18.3 Å². The van der Waals surface area contributed by atoms with E-state index in [2.05, 4.69) is 15.5 Å². The first-order valence-electron chi connectivity index (χ1n) is 6.41. The molecule has 1 aromatic heterocycles. The van der Waals surface area contributed by atoms with Crippen molar-refractivity contribution in [2.75, 3.05) is 38.0 Å². The number of aromatic nitrogens is 2. The van der Waals surface area contributed by atoms with Crippen molar-refractivity contribution in [1.82, 2.24) is 20.0 Å². The number of urea groups is 1. The molecule has 1 fully saturated rings. The second kappa shape index (κ2) is 6.62. The highest BCUT2D eigenvalue weighted by Crippen LogP contribution is 2.16. The number of nitrogens with one attached hydrogen (secondary N) is 1. The van der Waals surface area contributed by atoms with E-state index in [0.29, 0.717) is 31.3 Å². The Bertz CT molecular complexity index is 484. The summed E-state index contributed by atoms with van der Waals surface area (Å²) in [6.45, 7) is 4.16. The molecule has 2 amide bonds. The number of carbonyl (C=O) groups is 2. The van der Waals surface area contributed by atoms with E-state index < -0.39 is 5.97 Å². The maximum atomic E-state index is 12.0. The third-order valence-corrected chi connectivity index (χ3v) is 3.98. The molecular formula is C11H17N5O3S. The lowest BCUT2D eigenvalue weighted by atomic mass is 10.3. The highest BCUT2D eigenvalue weighted by atomic mass is 32.1. The van der Waals surface area contributed by atoms with Crippen molar-refractivity contribution in [2.45, 2.75) is 13.3 Å². The minimum atomic E-state index is -0.844. The maximum Gasteiger partial charge on any atom is 0.323 e. The number of hydrogen-bond donors (Lipinski definition) is 2. The second-order valence-corrected chi connectivity index (χ2v) is 5.50. The number of nitrogens with zero attached hydrogens (tertiary/aromatic N) is 4. The number of hydrogen-bond acceptors (Lipinski definition) is 6. The molecule has 0 aliphatic carbocycles. The second-order valence-electron chi connectivity index (χ2n) is 4.44. The van der Waals surface area contributed by atoms with Crippen LogP contribution in [0.4, 0.5) is 9.93 Å². The van der Waals surface area contributed by atoms with Gasteiger partial charge in [0.2, 0.25) is 5.13 Å². The molecule has 0 atom stereocenters. The smallest absolute Gasteiger partial charge is 0.323 e. The van der Waals surface area contributed by atoms with Crippen LogP contribution in [0.2, 0.25) is 0 Å². The van der Waals surface area contributed by atoms with Crippen LogP contribution in [0.3, 0.4) is 0 Å². The molecule has 0 aromatic carbocycles. The fourth-order valence-corrected chi connectivity index (χ4v) is 2.59. The Hall–Kier alpha value is -1.74. The minimum Gasteiger partial charge on any atom is -0.480 e. The molecule has 0 radical (unpaired) electrons. The molecule has 1 saturated heterocycles. The number of carboxylic acid groups (broad SMARTS) is 1. The molecule has 0 unspecified atom stereocenters. The topological polar surface area (TPSA) is 98.7 Å². The molecule has 0 bridgehead atoms. The number of aliphatic carboxylic acids is 1. The lowest BCUT2D eigenvalue weighted by molar-refractivity contribution is -0.138.